The van der Waals surface area contributed by atoms with Crippen molar-refractivity contribution in [2.45, 2.75) is 19.6 Å². The number of carbonyl (C=O) groups is 1. The quantitative estimate of drug-likeness (QED) is 0.655. The summed E-state index contributed by atoms with van der Waals surface area (Å²) in [4.78, 5) is 25.0. The molecule has 0 aliphatic carbocycles. The van der Waals surface area contributed by atoms with E-state index in [4.69, 9.17) is 0 Å². The summed E-state index contributed by atoms with van der Waals surface area (Å²) >= 11 is 2.85. The van der Waals surface area contributed by atoms with Crippen molar-refractivity contribution < 1.29 is 18.0 Å². The van der Waals surface area contributed by atoms with Crippen molar-refractivity contribution in [1.82, 2.24) is 9.78 Å². The number of aryl methyl sites for hydroxylation is 1. The van der Waals surface area contributed by atoms with Gasteiger partial charge in [0, 0.05) is 22.1 Å². The highest BCUT2D eigenvalue weighted by Crippen LogP contribution is 2.36. The van der Waals surface area contributed by atoms with Gasteiger partial charge < -0.3 is 5.32 Å². The molecule has 1 heterocycles. The van der Waals surface area contributed by atoms with Gasteiger partial charge in [-0.05, 0) is 31.2 Å². The molecule has 1 N–H and O–H groups in total. The summed E-state index contributed by atoms with van der Waals surface area (Å²) < 4.78 is 40.2. The Morgan fingerprint density at radius 3 is 2.48 bits per heavy atom. The number of amides is 1. The Labute approximate surface area is 159 Å². The number of hydrogen-bond donors (Lipinski definition) is 1. The molecule has 5 nitrogen and oxygen atoms in total. The van der Waals surface area contributed by atoms with Crippen LogP contribution in [0.15, 0.2) is 51.7 Å². The molecule has 0 saturated heterocycles. The summed E-state index contributed by atoms with van der Waals surface area (Å²) in [6.07, 6.45) is -4.57. The maximum Gasteiger partial charge on any atom is 0.417 e. The second-order valence-electron chi connectivity index (χ2n) is 5.66. The zero-order chi connectivity index (χ0) is 19.8. The van der Waals surface area contributed by atoms with Gasteiger partial charge >= 0.3 is 6.18 Å². The van der Waals surface area contributed by atoms with Gasteiger partial charge in [-0.2, -0.15) is 18.3 Å². The molecule has 0 fully saturated rings. The third-order valence-corrected chi connectivity index (χ3v) is 4.60. The third-order valence-electron chi connectivity index (χ3n) is 3.91. The number of benzene rings is 2. The molecule has 0 atom stereocenters. The molecular formula is C18H13BrF3N3O2. The van der Waals surface area contributed by atoms with Gasteiger partial charge in [0.2, 0.25) is 0 Å². The fourth-order valence-electron chi connectivity index (χ4n) is 2.63. The summed E-state index contributed by atoms with van der Waals surface area (Å²) in [5.74, 6) is -0.705. The van der Waals surface area contributed by atoms with E-state index in [0.29, 0.717) is 10.8 Å². The number of hydrogen-bond acceptors (Lipinski definition) is 3. The molecule has 0 aliphatic heterocycles. The van der Waals surface area contributed by atoms with Gasteiger partial charge in [0.15, 0.2) is 5.69 Å². The summed E-state index contributed by atoms with van der Waals surface area (Å²) in [5.41, 5.74) is -1.32. The van der Waals surface area contributed by atoms with E-state index in [2.05, 4.69) is 26.3 Å². The Morgan fingerprint density at radius 1 is 1.19 bits per heavy atom. The fraction of sp³-hybridized carbons (Fsp3) is 0.167. The number of rotatable bonds is 3. The standard InChI is InChI=1S/C18H13BrF3N3O2/c1-2-25-17(27)12-6-4-3-5-11(12)15(24-25)16(26)23-10-7-8-14(19)13(9-10)18(20,21)22/h3-9H,2H2,1H3,(H,23,26). The van der Waals surface area contributed by atoms with Crippen molar-refractivity contribution in [2.75, 3.05) is 5.32 Å². The minimum Gasteiger partial charge on any atom is -0.321 e. The summed E-state index contributed by atoms with van der Waals surface area (Å²) in [6, 6.07) is 9.84. The van der Waals surface area contributed by atoms with Crippen molar-refractivity contribution in [3.05, 3.63) is 68.5 Å². The number of anilines is 1. The summed E-state index contributed by atoms with van der Waals surface area (Å²) in [6.45, 7) is 1.95. The maximum absolute atomic E-state index is 13.0. The number of aromatic nitrogens is 2. The number of carbonyl (C=O) groups excluding carboxylic acids is 1. The Balaban J connectivity index is 2.05. The molecule has 0 bridgehead atoms. The number of alkyl halides is 3. The van der Waals surface area contributed by atoms with E-state index in [0.717, 1.165) is 10.7 Å². The summed E-state index contributed by atoms with van der Waals surface area (Å²) in [7, 11) is 0. The van der Waals surface area contributed by atoms with Crippen molar-refractivity contribution in [3.8, 4) is 0 Å². The monoisotopic (exact) mass is 439 g/mol. The zero-order valence-electron chi connectivity index (χ0n) is 14.0. The van der Waals surface area contributed by atoms with Crippen molar-refractivity contribution in [2.24, 2.45) is 0 Å². The molecule has 3 aromatic rings. The second kappa shape index (κ2) is 7.15. The van der Waals surface area contributed by atoms with Crippen LogP contribution in [0.4, 0.5) is 18.9 Å². The highest BCUT2D eigenvalue weighted by atomic mass is 79.9. The lowest BCUT2D eigenvalue weighted by Crippen LogP contribution is -2.27. The van der Waals surface area contributed by atoms with Gasteiger partial charge in [-0.3, -0.25) is 9.59 Å². The van der Waals surface area contributed by atoms with Gasteiger partial charge in [-0.1, -0.05) is 34.1 Å². The van der Waals surface area contributed by atoms with Crippen LogP contribution in [0.3, 0.4) is 0 Å². The van der Waals surface area contributed by atoms with Crippen molar-refractivity contribution in [3.63, 3.8) is 0 Å². The molecule has 1 amide bonds. The fourth-order valence-corrected chi connectivity index (χ4v) is 3.10. The largest absolute Gasteiger partial charge is 0.417 e. The first kappa shape index (κ1) is 19.1. The van der Waals surface area contributed by atoms with Crippen LogP contribution in [0.5, 0.6) is 0 Å². The average Bonchev–Trinajstić information content (AvgIpc) is 2.63. The molecule has 0 radical (unpaired) electrons. The first-order valence-electron chi connectivity index (χ1n) is 7.90. The minimum absolute atomic E-state index is 0.0318. The third kappa shape index (κ3) is 3.73. The predicted octanol–water partition coefficient (Wildman–Crippen LogP) is 4.45. The van der Waals surface area contributed by atoms with E-state index < -0.39 is 17.6 Å². The Bertz CT molecular complexity index is 1090. The van der Waals surface area contributed by atoms with Crippen molar-refractivity contribution >= 4 is 38.3 Å². The first-order chi connectivity index (χ1) is 12.7. The molecule has 0 saturated carbocycles. The highest BCUT2D eigenvalue weighted by Gasteiger charge is 2.33. The predicted molar refractivity (Wildman–Crippen MR) is 98.8 cm³/mol. The highest BCUT2D eigenvalue weighted by molar-refractivity contribution is 9.10. The SMILES string of the molecule is CCn1nc(C(=O)Nc2ccc(Br)c(C(F)(F)F)c2)c2ccccc2c1=O. The van der Waals surface area contributed by atoms with Gasteiger partial charge in [0.1, 0.15) is 0 Å². The Morgan fingerprint density at radius 2 is 1.85 bits per heavy atom. The van der Waals surface area contributed by atoms with Crippen LogP contribution in [0.2, 0.25) is 0 Å². The topological polar surface area (TPSA) is 64.0 Å². The van der Waals surface area contributed by atoms with Crippen LogP contribution in [0.1, 0.15) is 23.0 Å². The second-order valence-corrected chi connectivity index (χ2v) is 6.52. The van der Waals surface area contributed by atoms with E-state index in [9.17, 15) is 22.8 Å². The lowest BCUT2D eigenvalue weighted by Gasteiger charge is -2.13. The van der Waals surface area contributed by atoms with Crippen LogP contribution in [-0.2, 0) is 12.7 Å². The summed E-state index contributed by atoms with van der Waals surface area (Å²) in [5, 5.41) is 7.13. The molecule has 27 heavy (non-hydrogen) atoms. The number of fused-ring (bicyclic) bond motifs is 1. The molecule has 2 aromatic carbocycles. The molecule has 9 heteroatoms. The van der Waals surface area contributed by atoms with E-state index >= 15 is 0 Å². The van der Waals surface area contributed by atoms with Crippen LogP contribution < -0.4 is 10.9 Å². The number of nitrogens with one attached hydrogen (secondary N) is 1. The molecule has 0 unspecified atom stereocenters. The average molecular weight is 440 g/mol. The molecule has 0 spiro atoms. The van der Waals surface area contributed by atoms with Gasteiger partial charge in [-0.25, -0.2) is 4.68 Å². The van der Waals surface area contributed by atoms with E-state index in [1.807, 2.05) is 0 Å². The van der Waals surface area contributed by atoms with Gasteiger partial charge in [0.05, 0.1) is 10.9 Å². The molecule has 140 valence electrons. The van der Waals surface area contributed by atoms with E-state index in [1.165, 1.54) is 12.1 Å². The molecular weight excluding hydrogens is 427 g/mol. The van der Waals surface area contributed by atoms with Crippen LogP contribution in [0, 0.1) is 0 Å². The molecule has 1 aromatic heterocycles. The lowest BCUT2D eigenvalue weighted by molar-refractivity contribution is -0.138. The van der Waals surface area contributed by atoms with Crippen molar-refractivity contribution in [1.29, 1.82) is 0 Å². The minimum atomic E-state index is -4.57. The molecule has 3 rings (SSSR count). The Kier molecular flexibility index (Phi) is 5.05. The van der Waals surface area contributed by atoms with E-state index in [-0.39, 0.29) is 28.0 Å². The molecule has 0 aliphatic rings. The number of nitrogens with zero attached hydrogens (tertiary/aromatic N) is 2. The normalized spacial score (nSPS) is 11.6. The van der Waals surface area contributed by atoms with Crippen LogP contribution in [-0.4, -0.2) is 15.7 Å². The van der Waals surface area contributed by atoms with Gasteiger partial charge in [0.25, 0.3) is 11.5 Å². The zero-order valence-corrected chi connectivity index (χ0v) is 15.6. The van der Waals surface area contributed by atoms with Crippen LogP contribution >= 0.6 is 15.9 Å². The van der Waals surface area contributed by atoms with Crippen LogP contribution in [0.25, 0.3) is 10.8 Å². The lowest BCUT2D eigenvalue weighted by atomic mass is 10.1. The first-order valence-corrected chi connectivity index (χ1v) is 8.69. The smallest absolute Gasteiger partial charge is 0.321 e. The van der Waals surface area contributed by atoms with E-state index in [1.54, 1.807) is 31.2 Å². The van der Waals surface area contributed by atoms with Gasteiger partial charge in [-0.15, -0.1) is 0 Å². The maximum atomic E-state index is 13.0. The Hall–Kier alpha value is -2.68. The number of halogens is 4.